The number of thioether (sulfide) groups is 1. The molecule has 0 fully saturated rings. The summed E-state index contributed by atoms with van der Waals surface area (Å²) in [5, 5.41) is 22.5. The van der Waals surface area contributed by atoms with E-state index < -0.39 is 6.10 Å². The molecule has 1 unspecified atom stereocenters. The molecule has 0 aliphatic heterocycles. The molecule has 0 saturated carbocycles. The number of hydrogen-bond donors (Lipinski definition) is 1. The van der Waals surface area contributed by atoms with Gasteiger partial charge >= 0.3 is 0 Å². The summed E-state index contributed by atoms with van der Waals surface area (Å²) in [6, 6.07) is 19.6. The van der Waals surface area contributed by atoms with Crippen molar-refractivity contribution in [2.24, 2.45) is 0 Å². The van der Waals surface area contributed by atoms with Crippen LogP contribution in [0.5, 0.6) is 5.75 Å². The van der Waals surface area contributed by atoms with Gasteiger partial charge in [0.1, 0.15) is 12.4 Å². The molecular weight excluding hydrogens is 438 g/mol. The number of aliphatic hydroxyl groups is 1. The molecule has 4 rings (SSSR count). The van der Waals surface area contributed by atoms with Crippen LogP contribution in [0.1, 0.15) is 5.56 Å². The molecule has 0 aliphatic rings. The Morgan fingerprint density at radius 3 is 2.73 bits per heavy atom. The number of aromatic nitrogens is 3. The van der Waals surface area contributed by atoms with Gasteiger partial charge in [-0.3, -0.25) is 4.57 Å². The monoisotopic (exact) mass is 457 g/mol. The predicted octanol–water partition coefficient (Wildman–Crippen LogP) is 5.49. The maximum atomic E-state index is 10.4. The molecule has 1 N–H and O–H groups in total. The van der Waals surface area contributed by atoms with Gasteiger partial charge in [-0.25, -0.2) is 0 Å². The van der Waals surface area contributed by atoms with Gasteiger partial charge < -0.3 is 9.84 Å². The van der Waals surface area contributed by atoms with Crippen molar-refractivity contribution >= 4 is 34.7 Å². The topological polar surface area (TPSA) is 60.2 Å². The molecule has 154 valence electrons. The van der Waals surface area contributed by atoms with E-state index in [4.69, 9.17) is 16.3 Å². The smallest absolute Gasteiger partial charge is 0.196 e. The van der Waals surface area contributed by atoms with Gasteiger partial charge in [0.25, 0.3) is 0 Å². The molecule has 30 heavy (non-hydrogen) atoms. The summed E-state index contributed by atoms with van der Waals surface area (Å²) in [6.07, 6.45) is -0.683. The first-order valence-corrected chi connectivity index (χ1v) is 11.6. The number of thiophene rings is 1. The molecule has 0 aliphatic carbocycles. The molecule has 0 radical (unpaired) electrons. The Morgan fingerprint density at radius 1 is 1.13 bits per heavy atom. The molecule has 2 heterocycles. The predicted molar refractivity (Wildman–Crippen MR) is 123 cm³/mol. The number of aliphatic hydroxyl groups excluding tert-OH is 1. The molecule has 0 amide bonds. The minimum Gasteiger partial charge on any atom is -0.489 e. The number of nitrogens with zero attached hydrogens (tertiary/aromatic N) is 3. The van der Waals surface area contributed by atoms with Gasteiger partial charge in [-0.1, -0.05) is 53.7 Å². The zero-order valence-electron chi connectivity index (χ0n) is 16.2. The van der Waals surface area contributed by atoms with E-state index in [2.05, 4.69) is 10.2 Å². The first-order valence-electron chi connectivity index (χ1n) is 9.36. The minimum atomic E-state index is -0.683. The second kappa shape index (κ2) is 9.66. The van der Waals surface area contributed by atoms with Crippen LogP contribution in [0.3, 0.4) is 0 Å². The van der Waals surface area contributed by atoms with Crippen LogP contribution in [0.2, 0.25) is 5.02 Å². The Labute approximate surface area is 188 Å². The first kappa shape index (κ1) is 20.9. The highest BCUT2D eigenvalue weighted by molar-refractivity contribution is 7.99. The van der Waals surface area contributed by atoms with Crippen molar-refractivity contribution in [2.75, 3.05) is 12.4 Å². The average Bonchev–Trinajstić information content (AvgIpc) is 3.43. The quantitative estimate of drug-likeness (QED) is 0.354. The van der Waals surface area contributed by atoms with Crippen LogP contribution in [0.15, 0.2) is 71.2 Å². The van der Waals surface area contributed by atoms with E-state index >= 15 is 0 Å². The number of rotatable bonds is 8. The summed E-state index contributed by atoms with van der Waals surface area (Å²) in [4.78, 5) is 1.04. The number of hydrogen-bond acceptors (Lipinski definition) is 6. The van der Waals surface area contributed by atoms with E-state index in [0.717, 1.165) is 27.1 Å². The third kappa shape index (κ3) is 4.87. The van der Waals surface area contributed by atoms with Gasteiger partial charge in [-0.05, 0) is 48.2 Å². The van der Waals surface area contributed by atoms with Gasteiger partial charge in [0.2, 0.25) is 0 Å². The molecule has 2 aromatic heterocycles. The number of aryl methyl sites for hydroxylation is 1. The molecule has 4 aromatic rings. The average molecular weight is 458 g/mol. The molecule has 2 aromatic carbocycles. The van der Waals surface area contributed by atoms with E-state index in [0.29, 0.717) is 16.5 Å². The Bertz CT molecular complexity index is 1100. The third-order valence-electron chi connectivity index (χ3n) is 4.31. The Hall–Kier alpha value is -2.32. The lowest BCUT2D eigenvalue weighted by Gasteiger charge is -2.14. The fourth-order valence-electron chi connectivity index (χ4n) is 2.86. The number of ether oxygens (including phenoxy) is 1. The standard InChI is InChI=1S/C22H20ClN3O2S2/c1-15-9-10-18(23)19(12-15)28-13-17(27)14-30-22-25-24-21(20-8-5-11-29-20)26(22)16-6-3-2-4-7-16/h2-12,17,27H,13-14H2,1H3. The van der Waals surface area contributed by atoms with Crippen LogP contribution >= 0.6 is 34.7 Å². The van der Waals surface area contributed by atoms with Crippen LogP contribution in [-0.4, -0.2) is 38.3 Å². The summed E-state index contributed by atoms with van der Waals surface area (Å²) in [7, 11) is 0. The van der Waals surface area contributed by atoms with Crippen molar-refractivity contribution in [2.45, 2.75) is 18.2 Å². The van der Waals surface area contributed by atoms with Crippen molar-refractivity contribution in [3.63, 3.8) is 0 Å². The lowest BCUT2D eigenvalue weighted by molar-refractivity contribution is 0.126. The van der Waals surface area contributed by atoms with E-state index in [9.17, 15) is 5.11 Å². The summed E-state index contributed by atoms with van der Waals surface area (Å²) in [5.74, 6) is 1.78. The lowest BCUT2D eigenvalue weighted by Crippen LogP contribution is -2.20. The minimum absolute atomic E-state index is 0.146. The summed E-state index contributed by atoms with van der Waals surface area (Å²) < 4.78 is 7.73. The maximum Gasteiger partial charge on any atom is 0.196 e. The van der Waals surface area contributed by atoms with Crippen molar-refractivity contribution in [3.8, 4) is 22.1 Å². The highest BCUT2D eigenvalue weighted by atomic mass is 35.5. The Balaban J connectivity index is 1.47. The van der Waals surface area contributed by atoms with E-state index in [1.807, 2.05) is 71.5 Å². The van der Waals surface area contributed by atoms with Gasteiger partial charge in [-0.2, -0.15) is 0 Å². The van der Waals surface area contributed by atoms with Gasteiger partial charge in [0.05, 0.1) is 16.0 Å². The molecule has 0 bridgehead atoms. The molecule has 8 heteroatoms. The first-order chi connectivity index (χ1) is 14.6. The highest BCUT2D eigenvalue weighted by Gasteiger charge is 2.18. The Morgan fingerprint density at radius 2 is 1.97 bits per heavy atom. The fraction of sp³-hybridized carbons (Fsp3) is 0.182. The normalized spacial score (nSPS) is 12.1. The Kier molecular flexibility index (Phi) is 6.74. The van der Waals surface area contributed by atoms with E-state index in [-0.39, 0.29) is 6.61 Å². The number of halogens is 1. The molecule has 5 nitrogen and oxygen atoms in total. The summed E-state index contributed by atoms with van der Waals surface area (Å²) >= 11 is 9.22. The van der Waals surface area contributed by atoms with Crippen LogP contribution in [0.25, 0.3) is 16.4 Å². The van der Waals surface area contributed by atoms with Gasteiger partial charge in [0, 0.05) is 11.4 Å². The molecule has 1 atom stereocenters. The van der Waals surface area contributed by atoms with Gasteiger partial charge in [0.15, 0.2) is 11.0 Å². The number of benzene rings is 2. The maximum absolute atomic E-state index is 10.4. The fourth-order valence-corrected chi connectivity index (χ4v) is 4.59. The molecular formula is C22H20ClN3O2S2. The largest absolute Gasteiger partial charge is 0.489 e. The van der Waals surface area contributed by atoms with Crippen LogP contribution < -0.4 is 4.74 Å². The van der Waals surface area contributed by atoms with Crippen molar-refractivity contribution in [1.29, 1.82) is 0 Å². The van der Waals surface area contributed by atoms with E-state index in [1.54, 1.807) is 17.4 Å². The van der Waals surface area contributed by atoms with E-state index in [1.165, 1.54) is 11.8 Å². The van der Waals surface area contributed by atoms with Crippen LogP contribution in [0, 0.1) is 6.92 Å². The lowest BCUT2D eigenvalue weighted by atomic mass is 10.2. The third-order valence-corrected chi connectivity index (χ3v) is 6.56. The second-order valence-electron chi connectivity index (χ2n) is 6.66. The van der Waals surface area contributed by atoms with Crippen LogP contribution in [0.4, 0.5) is 0 Å². The summed E-state index contributed by atoms with van der Waals surface area (Å²) in [5.41, 5.74) is 2.03. The van der Waals surface area contributed by atoms with Crippen molar-refractivity contribution < 1.29 is 9.84 Å². The highest BCUT2D eigenvalue weighted by Crippen LogP contribution is 2.31. The number of para-hydroxylation sites is 1. The molecule has 0 saturated heterocycles. The molecule has 0 spiro atoms. The second-order valence-corrected chi connectivity index (χ2v) is 9.01. The van der Waals surface area contributed by atoms with Crippen LogP contribution in [-0.2, 0) is 0 Å². The zero-order valence-corrected chi connectivity index (χ0v) is 18.6. The van der Waals surface area contributed by atoms with Crippen molar-refractivity contribution in [1.82, 2.24) is 14.8 Å². The SMILES string of the molecule is Cc1ccc(Cl)c(OCC(O)CSc2nnc(-c3cccs3)n2-c2ccccc2)c1. The summed E-state index contributed by atoms with van der Waals surface area (Å²) in [6.45, 7) is 2.12. The van der Waals surface area contributed by atoms with Gasteiger partial charge in [-0.15, -0.1) is 21.5 Å². The van der Waals surface area contributed by atoms with Crippen molar-refractivity contribution in [3.05, 3.63) is 76.6 Å². The zero-order chi connectivity index (χ0) is 20.9.